The summed E-state index contributed by atoms with van der Waals surface area (Å²) in [5.74, 6) is 0. The van der Waals surface area contributed by atoms with Crippen LogP contribution in [-0.4, -0.2) is 13.6 Å². The van der Waals surface area contributed by atoms with Crippen molar-refractivity contribution in [2.24, 2.45) is 0 Å². The van der Waals surface area contributed by atoms with Crippen molar-refractivity contribution in [1.29, 1.82) is 0 Å². The molecular formula is C17H21ClN2. The quantitative estimate of drug-likeness (QED) is 0.861. The van der Waals surface area contributed by atoms with Crippen LogP contribution in [0.15, 0.2) is 48.5 Å². The summed E-state index contributed by atoms with van der Waals surface area (Å²) in [7, 11) is 1.93. The van der Waals surface area contributed by atoms with E-state index in [-0.39, 0.29) is 0 Å². The maximum Gasteiger partial charge on any atom is 0.0471 e. The lowest BCUT2D eigenvalue weighted by Crippen LogP contribution is -2.22. The summed E-state index contributed by atoms with van der Waals surface area (Å²) in [6, 6.07) is 16.8. The van der Waals surface area contributed by atoms with Crippen molar-refractivity contribution in [2.75, 3.05) is 18.5 Å². The molecule has 2 rings (SSSR count). The van der Waals surface area contributed by atoms with Gasteiger partial charge in [-0.25, -0.2) is 0 Å². The highest BCUT2D eigenvalue weighted by Gasteiger charge is 2.08. The molecule has 0 amide bonds. The van der Waals surface area contributed by atoms with E-state index in [1.54, 1.807) is 0 Å². The van der Waals surface area contributed by atoms with Gasteiger partial charge in [0.05, 0.1) is 0 Å². The van der Waals surface area contributed by atoms with Crippen LogP contribution >= 0.6 is 11.6 Å². The number of nitrogens with zero attached hydrogens (tertiary/aromatic N) is 1. The lowest BCUT2D eigenvalue weighted by Gasteiger charge is -2.24. The third-order valence-corrected chi connectivity index (χ3v) is 3.72. The molecule has 106 valence electrons. The molecule has 20 heavy (non-hydrogen) atoms. The van der Waals surface area contributed by atoms with E-state index in [9.17, 15) is 0 Å². The molecule has 0 aromatic heterocycles. The van der Waals surface area contributed by atoms with E-state index in [4.69, 9.17) is 11.6 Å². The Morgan fingerprint density at radius 2 is 1.85 bits per heavy atom. The zero-order valence-corrected chi connectivity index (χ0v) is 12.8. The molecule has 2 nitrogen and oxygen atoms in total. The lowest BCUT2D eigenvalue weighted by molar-refractivity contribution is 0.812. The van der Waals surface area contributed by atoms with Gasteiger partial charge in [-0.05, 0) is 37.2 Å². The van der Waals surface area contributed by atoms with Gasteiger partial charge in [0.1, 0.15) is 0 Å². The molecule has 0 aliphatic heterocycles. The smallest absolute Gasteiger partial charge is 0.0471 e. The fraction of sp³-hybridized carbons (Fsp3) is 0.294. The summed E-state index contributed by atoms with van der Waals surface area (Å²) in [5, 5.41) is 3.95. The third kappa shape index (κ3) is 3.75. The molecule has 0 aliphatic rings. The van der Waals surface area contributed by atoms with Crippen molar-refractivity contribution >= 4 is 17.3 Å². The predicted molar refractivity (Wildman–Crippen MR) is 87.4 cm³/mol. The van der Waals surface area contributed by atoms with E-state index >= 15 is 0 Å². The normalized spacial score (nSPS) is 10.6. The average molecular weight is 289 g/mol. The first-order chi connectivity index (χ1) is 9.74. The standard InChI is InChI=1S/C17H21ClN2/c1-3-20(13-14-7-5-4-6-8-14)16-10-9-15(12-19-2)17(18)11-16/h4-11,19H,3,12-13H2,1-2H3. The van der Waals surface area contributed by atoms with E-state index in [1.807, 2.05) is 13.1 Å². The van der Waals surface area contributed by atoms with Gasteiger partial charge in [0, 0.05) is 30.3 Å². The zero-order valence-electron chi connectivity index (χ0n) is 12.1. The number of nitrogens with one attached hydrogen (secondary N) is 1. The van der Waals surface area contributed by atoms with Crippen LogP contribution in [-0.2, 0) is 13.1 Å². The molecular weight excluding hydrogens is 268 g/mol. The first-order valence-electron chi connectivity index (χ1n) is 6.96. The number of anilines is 1. The second-order valence-corrected chi connectivity index (χ2v) is 5.21. The summed E-state index contributed by atoms with van der Waals surface area (Å²) in [6.45, 7) is 4.82. The van der Waals surface area contributed by atoms with Gasteiger partial charge in [-0.15, -0.1) is 0 Å². The maximum absolute atomic E-state index is 6.35. The zero-order chi connectivity index (χ0) is 14.4. The van der Waals surface area contributed by atoms with Gasteiger partial charge < -0.3 is 10.2 Å². The van der Waals surface area contributed by atoms with Crippen LogP contribution in [0.2, 0.25) is 5.02 Å². The molecule has 0 saturated heterocycles. The highest BCUT2D eigenvalue weighted by molar-refractivity contribution is 6.31. The second-order valence-electron chi connectivity index (χ2n) is 4.81. The molecule has 0 atom stereocenters. The Kier molecular flexibility index (Phi) is 5.45. The van der Waals surface area contributed by atoms with Crippen LogP contribution in [0.3, 0.4) is 0 Å². The van der Waals surface area contributed by atoms with E-state index in [0.29, 0.717) is 0 Å². The third-order valence-electron chi connectivity index (χ3n) is 3.37. The second kappa shape index (κ2) is 7.32. The van der Waals surface area contributed by atoms with Gasteiger partial charge in [0.15, 0.2) is 0 Å². The lowest BCUT2D eigenvalue weighted by atomic mass is 10.1. The fourth-order valence-electron chi connectivity index (χ4n) is 2.26. The number of hydrogen-bond donors (Lipinski definition) is 1. The highest BCUT2D eigenvalue weighted by Crippen LogP contribution is 2.25. The molecule has 2 aromatic rings. The van der Waals surface area contributed by atoms with E-state index in [2.05, 4.69) is 59.6 Å². The SMILES string of the molecule is CCN(Cc1ccccc1)c1ccc(CNC)c(Cl)c1. The Morgan fingerprint density at radius 1 is 1.10 bits per heavy atom. The molecule has 0 fully saturated rings. The minimum Gasteiger partial charge on any atom is -0.367 e. The minimum absolute atomic E-state index is 0.796. The van der Waals surface area contributed by atoms with E-state index in [0.717, 1.165) is 30.2 Å². The van der Waals surface area contributed by atoms with Crippen LogP contribution in [0.4, 0.5) is 5.69 Å². The van der Waals surface area contributed by atoms with Gasteiger partial charge in [0.2, 0.25) is 0 Å². The van der Waals surface area contributed by atoms with Gasteiger partial charge in [-0.1, -0.05) is 48.0 Å². The Balaban J connectivity index is 2.17. The molecule has 0 unspecified atom stereocenters. The van der Waals surface area contributed by atoms with Crippen LogP contribution in [0.1, 0.15) is 18.1 Å². The Bertz CT molecular complexity index is 540. The van der Waals surface area contributed by atoms with Crippen LogP contribution in [0.25, 0.3) is 0 Å². The van der Waals surface area contributed by atoms with Crippen molar-refractivity contribution in [3.8, 4) is 0 Å². The monoisotopic (exact) mass is 288 g/mol. The number of halogens is 1. The summed E-state index contributed by atoms with van der Waals surface area (Å²) in [4.78, 5) is 2.32. The fourth-order valence-corrected chi connectivity index (χ4v) is 2.50. The molecule has 0 saturated carbocycles. The largest absolute Gasteiger partial charge is 0.367 e. The molecule has 0 bridgehead atoms. The van der Waals surface area contributed by atoms with Gasteiger partial charge in [-0.2, -0.15) is 0 Å². The van der Waals surface area contributed by atoms with E-state index < -0.39 is 0 Å². The van der Waals surface area contributed by atoms with E-state index in [1.165, 1.54) is 11.3 Å². The molecule has 2 aromatic carbocycles. The molecule has 0 spiro atoms. The topological polar surface area (TPSA) is 15.3 Å². The highest BCUT2D eigenvalue weighted by atomic mass is 35.5. The van der Waals surface area contributed by atoms with Crippen LogP contribution in [0, 0.1) is 0 Å². The summed E-state index contributed by atoms with van der Waals surface area (Å²) in [6.07, 6.45) is 0. The van der Waals surface area contributed by atoms with Gasteiger partial charge in [0.25, 0.3) is 0 Å². The van der Waals surface area contributed by atoms with Gasteiger partial charge in [-0.3, -0.25) is 0 Å². The van der Waals surface area contributed by atoms with Crippen molar-refractivity contribution in [3.05, 3.63) is 64.7 Å². The number of rotatable bonds is 6. The number of hydrogen-bond acceptors (Lipinski definition) is 2. The Hall–Kier alpha value is -1.51. The summed E-state index contributed by atoms with van der Waals surface area (Å²) in [5.41, 5.74) is 3.61. The summed E-state index contributed by atoms with van der Waals surface area (Å²) < 4.78 is 0. The van der Waals surface area contributed by atoms with Crippen molar-refractivity contribution < 1.29 is 0 Å². The van der Waals surface area contributed by atoms with Crippen molar-refractivity contribution in [1.82, 2.24) is 5.32 Å². The van der Waals surface area contributed by atoms with Crippen LogP contribution < -0.4 is 10.2 Å². The van der Waals surface area contributed by atoms with Gasteiger partial charge >= 0.3 is 0 Å². The maximum atomic E-state index is 6.35. The first-order valence-corrected chi connectivity index (χ1v) is 7.34. The predicted octanol–water partition coefficient (Wildman–Crippen LogP) is 4.09. The average Bonchev–Trinajstić information content (AvgIpc) is 2.48. The first kappa shape index (κ1) is 14.9. The molecule has 0 heterocycles. The molecule has 0 radical (unpaired) electrons. The number of benzene rings is 2. The van der Waals surface area contributed by atoms with Crippen molar-refractivity contribution in [2.45, 2.75) is 20.0 Å². The Labute approximate surface area is 126 Å². The Morgan fingerprint density at radius 3 is 2.45 bits per heavy atom. The van der Waals surface area contributed by atoms with Crippen LogP contribution in [0.5, 0.6) is 0 Å². The molecule has 1 N–H and O–H groups in total. The molecule has 3 heteroatoms. The summed E-state index contributed by atoms with van der Waals surface area (Å²) >= 11 is 6.35. The van der Waals surface area contributed by atoms with Crippen molar-refractivity contribution in [3.63, 3.8) is 0 Å². The molecule has 0 aliphatic carbocycles. The minimum atomic E-state index is 0.796.